The van der Waals surface area contributed by atoms with Gasteiger partial charge >= 0.3 is 0 Å². The lowest BCUT2D eigenvalue weighted by Gasteiger charge is -2.31. The molecule has 1 aliphatic rings. The first kappa shape index (κ1) is 14.6. The Balaban J connectivity index is 2.03. The van der Waals surface area contributed by atoms with Crippen LogP contribution in [0.1, 0.15) is 50.7 Å². The molecule has 1 aromatic rings. The van der Waals surface area contributed by atoms with Crippen LogP contribution in [0.3, 0.4) is 0 Å². The average molecular weight is 379 g/mol. The Bertz CT molecular complexity index is 399. The molecule has 100 valence electrons. The van der Waals surface area contributed by atoms with Gasteiger partial charge in [-0.25, -0.2) is 0 Å². The first-order chi connectivity index (χ1) is 8.61. The molecule has 3 heteroatoms. The molecule has 0 spiro atoms. The Kier molecular flexibility index (Phi) is 5.34. The first-order valence-corrected chi connectivity index (χ1v) is 8.20. The van der Waals surface area contributed by atoms with Gasteiger partial charge < -0.3 is 5.11 Å². The Morgan fingerprint density at radius 3 is 2.56 bits per heavy atom. The van der Waals surface area contributed by atoms with Crippen molar-refractivity contribution in [3.63, 3.8) is 0 Å². The molecule has 1 unspecified atom stereocenters. The molecule has 1 atom stereocenters. The Hall–Kier alpha value is 0.200. The molecule has 0 aromatic heterocycles. The molecule has 0 bridgehead atoms. The topological polar surface area (TPSA) is 20.2 Å². The maximum atomic E-state index is 10.5. The van der Waals surface area contributed by atoms with Crippen LogP contribution in [0.25, 0.3) is 0 Å². The fourth-order valence-electron chi connectivity index (χ4n) is 2.88. The van der Waals surface area contributed by atoms with E-state index in [1.807, 2.05) is 18.2 Å². The van der Waals surface area contributed by atoms with Gasteiger partial charge in [-0.3, -0.25) is 0 Å². The standard InChI is InChI=1S/C15H20ClIO/c1-2-10-3-5-11(6-4-10)15(18)12-7-8-14(17)13(16)9-12/h7-11,15,18H,2-6H2,1H3. The lowest BCUT2D eigenvalue weighted by molar-refractivity contribution is 0.0729. The third-order valence-electron chi connectivity index (χ3n) is 4.20. The summed E-state index contributed by atoms with van der Waals surface area (Å²) in [4.78, 5) is 0. The molecule has 1 N–H and O–H groups in total. The van der Waals surface area contributed by atoms with Crippen molar-refractivity contribution in [2.45, 2.75) is 45.1 Å². The third-order valence-corrected chi connectivity index (χ3v) is 5.77. The lowest BCUT2D eigenvalue weighted by Crippen LogP contribution is -2.20. The molecule has 0 amide bonds. The van der Waals surface area contributed by atoms with Crippen molar-refractivity contribution >= 4 is 34.2 Å². The van der Waals surface area contributed by atoms with Crippen molar-refractivity contribution in [3.8, 4) is 0 Å². The van der Waals surface area contributed by atoms with Crippen molar-refractivity contribution in [2.75, 3.05) is 0 Å². The molecule has 2 rings (SSSR count). The van der Waals surface area contributed by atoms with Crippen molar-refractivity contribution in [2.24, 2.45) is 11.8 Å². The number of aliphatic hydroxyl groups excluding tert-OH is 1. The van der Waals surface area contributed by atoms with Gasteiger partial charge in [-0.05, 0) is 65.0 Å². The van der Waals surface area contributed by atoms with E-state index < -0.39 is 0 Å². The number of halogens is 2. The smallest absolute Gasteiger partial charge is 0.0818 e. The quantitative estimate of drug-likeness (QED) is 0.717. The average Bonchev–Trinajstić information content (AvgIpc) is 2.41. The van der Waals surface area contributed by atoms with Crippen LogP contribution in [0.2, 0.25) is 5.02 Å². The molecule has 1 aromatic carbocycles. The van der Waals surface area contributed by atoms with E-state index in [4.69, 9.17) is 11.6 Å². The van der Waals surface area contributed by atoms with E-state index in [2.05, 4.69) is 29.5 Å². The predicted molar refractivity (Wildman–Crippen MR) is 84.9 cm³/mol. The lowest BCUT2D eigenvalue weighted by atomic mass is 9.77. The number of rotatable bonds is 3. The number of hydrogen-bond acceptors (Lipinski definition) is 1. The molecule has 0 saturated heterocycles. The van der Waals surface area contributed by atoms with Crippen molar-refractivity contribution in [1.82, 2.24) is 0 Å². The van der Waals surface area contributed by atoms with E-state index in [9.17, 15) is 5.11 Å². The van der Waals surface area contributed by atoms with E-state index in [1.165, 1.54) is 19.3 Å². The SMILES string of the molecule is CCC1CCC(C(O)c2ccc(I)c(Cl)c2)CC1. The van der Waals surface area contributed by atoms with E-state index in [1.54, 1.807) is 0 Å². The fourth-order valence-corrected chi connectivity index (χ4v) is 3.41. The summed E-state index contributed by atoms with van der Waals surface area (Å²) >= 11 is 8.34. The molecule has 0 heterocycles. The minimum atomic E-state index is -0.350. The minimum absolute atomic E-state index is 0.350. The zero-order chi connectivity index (χ0) is 13.1. The molecule has 1 nitrogen and oxygen atoms in total. The van der Waals surface area contributed by atoms with Gasteiger partial charge in [-0.15, -0.1) is 0 Å². The van der Waals surface area contributed by atoms with Gasteiger partial charge in [0, 0.05) is 3.57 Å². The van der Waals surface area contributed by atoms with E-state index in [0.29, 0.717) is 5.92 Å². The van der Waals surface area contributed by atoms with E-state index >= 15 is 0 Å². The van der Waals surface area contributed by atoms with Gasteiger partial charge in [0.2, 0.25) is 0 Å². The highest BCUT2D eigenvalue weighted by Gasteiger charge is 2.26. The minimum Gasteiger partial charge on any atom is -0.388 e. The summed E-state index contributed by atoms with van der Waals surface area (Å²) < 4.78 is 1.04. The maximum Gasteiger partial charge on any atom is 0.0818 e. The first-order valence-electron chi connectivity index (χ1n) is 6.74. The summed E-state index contributed by atoms with van der Waals surface area (Å²) in [6.45, 7) is 2.26. The van der Waals surface area contributed by atoms with Crippen LogP contribution in [0, 0.1) is 15.4 Å². The number of aliphatic hydroxyl groups is 1. The van der Waals surface area contributed by atoms with E-state index in [0.717, 1.165) is 32.9 Å². The van der Waals surface area contributed by atoms with E-state index in [-0.39, 0.29) is 6.10 Å². The summed E-state index contributed by atoms with van der Waals surface area (Å²) in [6, 6.07) is 5.91. The number of hydrogen-bond donors (Lipinski definition) is 1. The van der Waals surface area contributed by atoms with Crippen molar-refractivity contribution in [3.05, 3.63) is 32.4 Å². The summed E-state index contributed by atoms with van der Waals surface area (Å²) in [5.41, 5.74) is 0.973. The Morgan fingerprint density at radius 2 is 2.00 bits per heavy atom. The van der Waals surface area contributed by atoms with Gasteiger partial charge in [-0.2, -0.15) is 0 Å². The Labute approximate surface area is 128 Å². The van der Waals surface area contributed by atoms with Crippen LogP contribution in [-0.4, -0.2) is 5.11 Å². The van der Waals surface area contributed by atoms with Gasteiger partial charge in [-0.1, -0.05) is 43.9 Å². The normalized spacial score (nSPS) is 26.0. The van der Waals surface area contributed by atoms with Gasteiger partial charge in [0.25, 0.3) is 0 Å². The largest absolute Gasteiger partial charge is 0.388 e. The maximum absolute atomic E-state index is 10.5. The van der Waals surface area contributed by atoms with Crippen LogP contribution in [-0.2, 0) is 0 Å². The molecule has 18 heavy (non-hydrogen) atoms. The van der Waals surface area contributed by atoms with Gasteiger partial charge in [0.05, 0.1) is 11.1 Å². The molecule has 1 aliphatic carbocycles. The second-order valence-corrected chi connectivity index (χ2v) is 6.88. The zero-order valence-electron chi connectivity index (χ0n) is 10.7. The van der Waals surface area contributed by atoms with Crippen LogP contribution < -0.4 is 0 Å². The molecule has 0 aliphatic heterocycles. The molecular weight excluding hydrogens is 359 g/mol. The fraction of sp³-hybridized carbons (Fsp3) is 0.600. The molecular formula is C15H20ClIO. The molecule has 1 saturated carbocycles. The summed E-state index contributed by atoms with van der Waals surface area (Å²) in [5, 5.41) is 11.2. The Morgan fingerprint density at radius 1 is 1.33 bits per heavy atom. The summed E-state index contributed by atoms with van der Waals surface area (Å²) in [5.74, 6) is 1.28. The highest BCUT2D eigenvalue weighted by molar-refractivity contribution is 14.1. The second kappa shape index (κ2) is 6.58. The van der Waals surface area contributed by atoms with Crippen molar-refractivity contribution < 1.29 is 5.11 Å². The number of benzene rings is 1. The van der Waals surface area contributed by atoms with Crippen LogP contribution in [0.4, 0.5) is 0 Å². The monoisotopic (exact) mass is 378 g/mol. The van der Waals surface area contributed by atoms with Gasteiger partial charge in [0.15, 0.2) is 0 Å². The van der Waals surface area contributed by atoms with Crippen LogP contribution in [0.15, 0.2) is 18.2 Å². The highest BCUT2D eigenvalue weighted by Crippen LogP contribution is 2.38. The van der Waals surface area contributed by atoms with Gasteiger partial charge in [0.1, 0.15) is 0 Å². The summed E-state index contributed by atoms with van der Waals surface area (Å²) in [7, 11) is 0. The highest BCUT2D eigenvalue weighted by atomic mass is 127. The van der Waals surface area contributed by atoms with Crippen molar-refractivity contribution in [1.29, 1.82) is 0 Å². The van der Waals surface area contributed by atoms with Crippen LogP contribution in [0.5, 0.6) is 0 Å². The second-order valence-electron chi connectivity index (χ2n) is 5.31. The third kappa shape index (κ3) is 3.40. The van der Waals surface area contributed by atoms with Crippen LogP contribution >= 0.6 is 34.2 Å². The molecule has 1 fully saturated rings. The predicted octanol–water partition coefficient (Wildman–Crippen LogP) is 5.19. The molecule has 0 radical (unpaired) electrons. The summed E-state index contributed by atoms with van der Waals surface area (Å²) in [6.07, 6.45) is 5.73. The zero-order valence-corrected chi connectivity index (χ0v) is 13.6.